The van der Waals surface area contributed by atoms with Gasteiger partial charge in [-0.25, -0.2) is 0 Å². The molecule has 1 N–H and O–H groups in total. The van der Waals surface area contributed by atoms with Gasteiger partial charge in [-0.05, 0) is 68.6 Å². The van der Waals surface area contributed by atoms with Crippen LogP contribution in [-0.2, 0) is 6.54 Å². The van der Waals surface area contributed by atoms with E-state index >= 15 is 0 Å². The van der Waals surface area contributed by atoms with Crippen molar-refractivity contribution in [3.8, 4) is 17.2 Å². The van der Waals surface area contributed by atoms with E-state index in [0.29, 0.717) is 23.0 Å². The fourth-order valence-corrected chi connectivity index (χ4v) is 5.63. The zero-order chi connectivity index (χ0) is 25.0. The van der Waals surface area contributed by atoms with Gasteiger partial charge in [-0.15, -0.1) is 0 Å². The van der Waals surface area contributed by atoms with E-state index in [1.165, 1.54) is 11.8 Å². The first-order valence-corrected chi connectivity index (χ1v) is 12.8. The number of aromatic nitrogens is 1. The Morgan fingerprint density at radius 2 is 1.89 bits per heavy atom. The first-order chi connectivity index (χ1) is 17.4. The van der Waals surface area contributed by atoms with Gasteiger partial charge in [0.15, 0.2) is 5.76 Å². The molecule has 3 heterocycles. The van der Waals surface area contributed by atoms with Gasteiger partial charge in [0.2, 0.25) is 5.78 Å². The number of nitrogens with zero attached hydrogens (tertiary/aromatic N) is 3. The van der Waals surface area contributed by atoms with Crippen LogP contribution in [-0.4, -0.2) is 72.1 Å². The van der Waals surface area contributed by atoms with Gasteiger partial charge in [-0.2, -0.15) is 0 Å². The number of carbonyl (C=O) groups is 1. The van der Waals surface area contributed by atoms with Gasteiger partial charge < -0.3 is 24.0 Å². The minimum absolute atomic E-state index is 0.101. The van der Waals surface area contributed by atoms with E-state index in [9.17, 15) is 9.90 Å². The van der Waals surface area contributed by atoms with Crippen molar-refractivity contribution in [2.75, 3.05) is 46.9 Å². The van der Waals surface area contributed by atoms with Crippen LogP contribution in [0.25, 0.3) is 17.0 Å². The van der Waals surface area contributed by atoms with Gasteiger partial charge >= 0.3 is 0 Å². The second-order valence-corrected chi connectivity index (χ2v) is 10.3. The number of phenolic OH excluding ortho intramolecular Hbond substituents is 1. The minimum Gasteiger partial charge on any atom is -0.508 e. The van der Waals surface area contributed by atoms with Crippen LogP contribution in [0.5, 0.6) is 17.2 Å². The number of allylic oxidation sites excluding steroid dienone is 1. The molecule has 1 aliphatic carbocycles. The highest BCUT2D eigenvalue weighted by atomic mass is 16.5. The number of rotatable bonds is 6. The monoisotopic (exact) mass is 487 g/mol. The van der Waals surface area contributed by atoms with Crippen LogP contribution in [0.2, 0.25) is 0 Å². The highest BCUT2D eigenvalue weighted by Gasteiger charge is 2.34. The van der Waals surface area contributed by atoms with Gasteiger partial charge in [0.25, 0.3) is 0 Å². The van der Waals surface area contributed by atoms with Gasteiger partial charge in [0.1, 0.15) is 17.2 Å². The third kappa shape index (κ3) is 4.06. The SMILES string of the molecule is COc1ccc2c(c1)c(/C=C1\Oc3cc(O)cc(C)c3C1=O)c(C1CC1)n2CCN1CCN(C)CC1. The van der Waals surface area contributed by atoms with Gasteiger partial charge in [-0.1, -0.05) is 0 Å². The van der Waals surface area contributed by atoms with Crippen molar-refractivity contribution in [1.82, 2.24) is 14.4 Å². The van der Waals surface area contributed by atoms with Crippen molar-refractivity contribution >= 4 is 22.8 Å². The van der Waals surface area contributed by atoms with E-state index in [2.05, 4.69) is 33.5 Å². The molecule has 0 atom stereocenters. The van der Waals surface area contributed by atoms with Crippen LogP contribution in [0.3, 0.4) is 0 Å². The van der Waals surface area contributed by atoms with Crippen molar-refractivity contribution in [2.45, 2.75) is 32.2 Å². The van der Waals surface area contributed by atoms with Crippen LogP contribution in [0, 0.1) is 6.92 Å². The number of phenols is 1. The number of carbonyl (C=O) groups excluding carboxylic acids is 1. The predicted molar refractivity (Wildman–Crippen MR) is 140 cm³/mol. The Balaban J connectivity index is 1.43. The normalized spacial score (nSPS) is 19.8. The fourth-order valence-electron chi connectivity index (χ4n) is 5.63. The Labute approximate surface area is 211 Å². The second-order valence-electron chi connectivity index (χ2n) is 10.3. The second kappa shape index (κ2) is 8.98. The number of benzene rings is 2. The fraction of sp³-hybridized carbons (Fsp3) is 0.414. The van der Waals surface area contributed by atoms with E-state index in [-0.39, 0.29) is 11.5 Å². The number of hydrogen-bond acceptors (Lipinski definition) is 6. The lowest BCUT2D eigenvalue weighted by atomic mass is 10.0. The molecule has 3 aromatic rings. The van der Waals surface area contributed by atoms with Crippen LogP contribution in [0.1, 0.15) is 45.9 Å². The number of methoxy groups -OCH3 is 1. The molecule has 1 saturated heterocycles. The zero-order valence-corrected chi connectivity index (χ0v) is 21.2. The summed E-state index contributed by atoms with van der Waals surface area (Å²) in [7, 11) is 3.86. The first kappa shape index (κ1) is 23.1. The highest BCUT2D eigenvalue weighted by Crippen LogP contribution is 2.47. The molecule has 0 amide bonds. The number of aromatic hydroxyl groups is 1. The smallest absolute Gasteiger partial charge is 0.232 e. The Hall–Kier alpha value is -3.29. The maximum Gasteiger partial charge on any atom is 0.232 e. The lowest BCUT2D eigenvalue weighted by Crippen LogP contribution is -2.45. The molecule has 0 spiro atoms. The average molecular weight is 488 g/mol. The summed E-state index contributed by atoms with van der Waals surface area (Å²) in [4.78, 5) is 18.3. The maximum absolute atomic E-state index is 13.3. The van der Waals surface area contributed by atoms with E-state index in [4.69, 9.17) is 9.47 Å². The number of aryl methyl sites for hydroxylation is 1. The highest BCUT2D eigenvalue weighted by molar-refractivity contribution is 6.16. The topological polar surface area (TPSA) is 67.2 Å². The number of Topliss-reactive ketones (excluding diaryl/α,β-unsaturated/α-hetero) is 1. The zero-order valence-electron chi connectivity index (χ0n) is 21.2. The molecule has 2 aliphatic heterocycles. The Bertz CT molecular complexity index is 1380. The molecule has 2 aromatic carbocycles. The first-order valence-electron chi connectivity index (χ1n) is 12.8. The summed E-state index contributed by atoms with van der Waals surface area (Å²) < 4.78 is 14.0. The molecule has 3 aliphatic rings. The number of hydrogen-bond donors (Lipinski definition) is 1. The van der Waals surface area contributed by atoms with E-state index in [1.807, 2.05) is 19.1 Å². The molecule has 7 heteroatoms. The summed E-state index contributed by atoms with van der Waals surface area (Å²) in [5.74, 6) is 1.97. The van der Waals surface area contributed by atoms with Crippen molar-refractivity contribution in [3.05, 3.63) is 58.5 Å². The lowest BCUT2D eigenvalue weighted by Gasteiger charge is -2.32. The molecule has 6 rings (SSSR count). The molecular weight excluding hydrogens is 454 g/mol. The Morgan fingerprint density at radius 3 is 2.61 bits per heavy atom. The van der Waals surface area contributed by atoms with E-state index in [0.717, 1.165) is 79.9 Å². The molecule has 1 aromatic heterocycles. The van der Waals surface area contributed by atoms with Gasteiger partial charge in [0, 0.05) is 67.5 Å². The molecule has 188 valence electrons. The molecule has 2 fully saturated rings. The van der Waals surface area contributed by atoms with Crippen LogP contribution in [0.4, 0.5) is 0 Å². The number of ketones is 1. The molecule has 7 nitrogen and oxygen atoms in total. The summed E-state index contributed by atoms with van der Waals surface area (Å²) in [6.07, 6.45) is 4.22. The lowest BCUT2D eigenvalue weighted by molar-refractivity contribution is 0.101. The van der Waals surface area contributed by atoms with Crippen LogP contribution in [0.15, 0.2) is 36.1 Å². The molecule has 0 bridgehead atoms. The van der Waals surface area contributed by atoms with Crippen molar-refractivity contribution in [3.63, 3.8) is 0 Å². The summed E-state index contributed by atoms with van der Waals surface area (Å²) in [6.45, 7) is 8.12. The largest absolute Gasteiger partial charge is 0.508 e. The molecule has 0 unspecified atom stereocenters. The minimum atomic E-state index is -0.134. The van der Waals surface area contributed by atoms with Crippen molar-refractivity contribution < 1.29 is 19.4 Å². The summed E-state index contributed by atoms with van der Waals surface area (Å²) in [6, 6.07) is 9.35. The number of fused-ring (bicyclic) bond motifs is 2. The third-order valence-corrected chi connectivity index (χ3v) is 7.78. The predicted octanol–water partition coefficient (Wildman–Crippen LogP) is 4.40. The van der Waals surface area contributed by atoms with Crippen LogP contribution >= 0.6 is 0 Å². The molecular formula is C29H33N3O4. The average Bonchev–Trinajstić information content (AvgIpc) is 3.59. The van der Waals surface area contributed by atoms with E-state index < -0.39 is 0 Å². The Kier molecular flexibility index (Phi) is 5.77. The number of piperazine rings is 1. The van der Waals surface area contributed by atoms with Crippen molar-refractivity contribution in [1.29, 1.82) is 0 Å². The van der Waals surface area contributed by atoms with E-state index in [1.54, 1.807) is 13.2 Å². The summed E-state index contributed by atoms with van der Waals surface area (Å²) in [5, 5.41) is 11.1. The van der Waals surface area contributed by atoms with Gasteiger partial charge in [-0.3, -0.25) is 9.69 Å². The van der Waals surface area contributed by atoms with Gasteiger partial charge in [0.05, 0.1) is 12.7 Å². The molecule has 0 radical (unpaired) electrons. The quantitative estimate of drug-likeness (QED) is 0.520. The standard InChI is InChI=1S/C29H33N3O4/c1-18-14-20(33)15-25-27(18)29(34)26(36-25)17-23-22-16-21(35-3)6-7-24(22)32(28(23)19-4-5-19)13-12-31-10-8-30(2)9-11-31/h6-7,14-17,19,33H,4-5,8-13H2,1-3H3/b26-17-. The Morgan fingerprint density at radius 1 is 1.11 bits per heavy atom. The summed E-state index contributed by atoms with van der Waals surface area (Å²) >= 11 is 0. The number of likely N-dealkylation sites (N-methyl/N-ethyl adjacent to an activating group) is 1. The van der Waals surface area contributed by atoms with Crippen LogP contribution < -0.4 is 9.47 Å². The molecule has 1 saturated carbocycles. The third-order valence-electron chi connectivity index (χ3n) is 7.78. The summed E-state index contributed by atoms with van der Waals surface area (Å²) in [5.41, 5.74) is 4.74. The van der Waals surface area contributed by atoms with Crippen molar-refractivity contribution in [2.24, 2.45) is 0 Å². The maximum atomic E-state index is 13.3. The molecule has 36 heavy (non-hydrogen) atoms. The number of ether oxygens (including phenoxy) is 2.